The molecule has 0 unspecified atom stereocenters. The van der Waals surface area contributed by atoms with Crippen molar-refractivity contribution in [1.82, 2.24) is 9.38 Å². The zero-order chi connectivity index (χ0) is 20.4. The number of fused-ring (bicyclic) bond motifs is 1. The first-order valence-electron chi connectivity index (χ1n) is 8.51. The van der Waals surface area contributed by atoms with E-state index in [0.717, 1.165) is 5.56 Å². The van der Waals surface area contributed by atoms with Gasteiger partial charge in [-0.05, 0) is 36.2 Å². The van der Waals surface area contributed by atoms with Crippen LogP contribution in [-0.2, 0) is 9.53 Å². The molecule has 0 bridgehead atoms. The Bertz CT molecular complexity index is 1110. The molecule has 0 saturated carbocycles. The molecule has 0 radical (unpaired) electrons. The number of rotatable bonds is 5. The van der Waals surface area contributed by atoms with Gasteiger partial charge in [0.15, 0.2) is 11.5 Å². The summed E-state index contributed by atoms with van der Waals surface area (Å²) < 4.78 is 11.1. The van der Waals surface area contributed by atoms with Crippen molar-refractivity contribution in [1.29, 1.82) is 0 Å². The molecule has 3 rings (SSSR count). The van der Waals surface area contributed by atoms with Gasteiger partial charge < -0.3 is 19.7 Å². The number of benzene rings is 1. The summed E-state index contributed by atoms with van der Waals surface area (Å²) in [5.74, 6) is -1.83. The average molecular weight is 384 g/mol. The zero-order valence-corrected chi connectivity index (χ0v) is 15.7. The highest BCUT2D eigenvalue weighted by molar-refractivity contribution is 5.71. The lowest BCUT2D eigenvalue weighted by molar-refractivity contribution is -0.140. The van der Waals surface area contributed by atoms with Gasteiger partial charge in [0.2, 0.25) is 5.88 Å². The minimum absolute atomic E-state index is 0.0573. The van der Waals surface area contributed by atoms with Crippen LogP contribution in [0.3, 0.4) is 0 Å². The fraction of sp³-hybridized carbons (Fsp3) is 0.250. The summed E-state index contributed by atoms with van der Waals surface area (Å²) in [5.41, 5.74) is 0.991. The number of carbonyl (C=O) groups excluding carboxylic acids is 1. The first kappa shape index (κ1) is 19.2. The van der Waals surface area contributed by atoms with Crippen molar-refractivity contribution in [2.24, 2.45) is 0 Å². The summed E-state index contributed by atoms with van der Waals surface area (Å²) in [4.78, 5) is 29.2. The number of aromatic hydroxyl groups is 2. The van der Waals surface area contributed by atoms with E-state index in [-0.39, 0.29) is 29.1 Å². The van der Waals surface area contributed by atoms with Crippen LogP contribution in [0.15, 0.2) is 41.3 Å². The molecule has 8 nitrogen and oxygen atoms in total. The fourth-order valence-corrected chi connectivity index (χ4v) is 3.11. The van der Waals surface area contributed by atoms with Crippen LogP contribution < -0.4 is 10.3 Å². The third-order valence-electron chi connectivity index (χ3n) is 4.54. The second-order valence-electron chi connectivity index (χ2n) is 6.35. The van der Waals surface area contributed by atoms with Crippen molar-refractivity contribution >= 4 is 11.6 Å². The molecule has 0 aliphatic heterocycles. The Kier molecular flexibility index (Phi) is 5.21. The van der Waals surface area contributed by atoms with E-state index in [9.17, 15) is 19.8 Å². The summed E-state index contributed by atoms with van der Waals surface area (Å²) in [6, 6.07) is 7.90. The molecule has 0 aliphatic rings. The van der Waals surface area contributed by atoms with E-state index < -0.39 is 23.3 Å². The van der Waals surface area contributed by atoms with Crippen molar-refractivity contribution in [2.45, 2.75) is 19.3 Å². The number of phenols is 1. The van der Waals surface area contributed by atoms with Crippen LogP contribution in [0.2, 0.25) is 0 Å². The number of ether oxygens (including phenoxy) is 2. The molecule has 0 spiro atoms. The minimum Gasteiger partial charge on any atom is -0.504 e. The first-order chi connectivity index (χ1) is 13.3. The Morgan fingerprint density at radius 2 is 1.96 bits per heavy atom. The molecule has 0 saturated heterocycles. The molecule has 8 heteroatoms. The molecular formula is C20H20N2O6. The van der Waals surface area contributed by atoms with E-state index in [1.54, 1.807) is 24.4 Å². The first-order valence-corrected chi connectivity index (χ1v) is 8.51. The van der Waals surface area contributed by atoms with Gasteiger partial charge in [0.1, 0.15) is 5.65 Å². The maximum Gasteiger partial charge on any atom is 0.306 e. The summed E-state index contributed by atoms with van der Waals surface area (Å²) in [6.45, 7) is 1.83. The van der Waals surface area contributed by atoms with Gasteiger partial charge in [0.05, 0.1) is 26.2 Å². The van der Waals surface area contributed by atoms with E-state index in [4.69, 9.17) is 9.47 Å². The number of methoxy groups -OCH3 is 2. The number of phenolic OH excluding ortho intramolecular Hbond substituents is 1. The number of aromatic nitrogens is 2. The van der Waals surface area contributed by atoms with E-state index >= 15 is 0 Å². The number of nitrogens with zero attached hydrogens (tertiary/aromatic N) is 2. The van der Waals surface area contributed by atoms with Gasteiger partial charge in [-0.2, -0.15) is 4.98 Å². The normalized spacial score (nSPS) is 12.0. The van der Waals surface area contributed by atoms with Crippen LogP contribution in [0, 0.1) is 6.92 Å². The fourth-order valence-electron chi connectivity index (χ4n) is 3.11. The predicted molar refractivity (Wildman–Crippen MR) is 101 cm³/mol. The van der Waals surface area contributed by atoms with Crippen molar-refractivity contribution in [3.63, 3.8) is 0 Å². The van der Waals surface area contributed by atoms with Gasteiger partial charge in [0.25, 0.3) is 5.56 Å². The van der Waals surface area contributed by atoms with Crippen molar-refractivity contribution < 1.29 is 24.5 Å². The Balaban J connectivity index is 2.25. The number of aryl methyl sites for hydroxylation is 1. The largest absolute Gasteiger partial charge is 0.504 e. The van der Waals surface area contributed by atoms with Crippen molar-refractivity contribution in [2.75, 3.05) is 14.2 Å². The SMILES string of the molecule is COC(=O)C[C@H](c1ccc(OC)c(O)c1)c1c(O)nc2ccc(C)cn2c1=O. The summed E-state index contributed by atoms with van der Waals surface area (Å²) in [6.07, 6.45) is 1.39. The standard InChI is InChI=1S/C20H20N2O6/c1-11-4-7-16-21-19(25)18(20(26)22(16)10-11)13(9-17(24)28-3)12-5-6-15(27-2)14(23)8-12/h4-8,10,13,23,25H,9H2,1-3H3/t13-/m1/s1. The van der Waals surface area contributed by atoms with Crippen LogP contribution in [0.5, 0.6) is 17.4 Å². The lowest BCUT2D eigenvalue weighted by Gasteiger charge is -2.18. The van der Waals surface area contributed by atoms with Gasteiger partial charge in [-0.15, -0.1) is 0 Å². The molecule has 146 valence electrons. The Labute approximate surface area is 160 Å². The molecule has 28 heavy (non-hydrogen) atoms. The summed E-state index contributed by atoms with van der Waals surface area (Å²) in [5, 5.41) is 20.6. The lowest BCUT2D eigenvalue weighted by Crippen LogP contribution is -2.24. The van der Waals surface area contributed by atoms with Crippen LogP contribution in [0.1, 0.15) is 29.0 Å². The number of pyridine rings is 1. The molecule has 0 aliphatic carbocycles. The van der Waals surface area contributed by atoms with Crippen LogP contribution >= 0.6 is 0 Å². The smallest absolute Gasteiger partial charge is 0.306 e. The Morgan fingerprint density at radius 1 is 1.21 bits per heavy atom. The lowest BCUT2D eigenvalue weighted by atomic mass is 9.89. The van der Waals surface area contributed by atoms with Crippen LogP contribution in [0.4, 0.5) is 0 Å². The monoisotopic (exact) mass is 384 g/mol. The van der Waals surface area contributed by atoms with E-state index in [0.29, 0.717) is 5.56 Å². The predicted octanol–water partition coefficient (Wildman–Crippen LogP) is 2.12. The molecule has 1 atom stereocenters. The summed E-state index contributed by atoms with van der Waals surface area (Å²) in [7, 11) is 2.65. The van der Waals surface area contributed by atoms with Crippen LogP contribution in [0.25, 0.3) is 5.65 Å². The third-order valence-corrected chi connectivity index (χ3v) is 4.54. The number of hydrogen-bond donors (Lipinski definition) is 2. The molecule has 2 heterocycles. The average Bonchev–Trinajstić information content (AvgIpc) is 2.67. The molecular weight excluding hydrogens is 364 g/mol. The topological polar surface area (TPSA) is 110 Å². The minimum atomic E-state index is -0.873. The molecule has 3 aromatic rings. The van der Waals surface area contributed by atoms with Gasteiger partial charge in [0, 0.05) is 12.1 Å². The third kappa shape index (κ3) is 3.48. The molecule has 0 fully saturated rings. The summed E-state index contributed by atoms with van der Waals surface area (Å²) >= 11 is 0. The van der Waals surface area contributed by atoms with Crippen molar-refractivity contribution in [3.8, 4) is 17.4 Å². The highest BCUT2D eigenvalue weighted by Gasteiger charge is 2.27. The van der Waals surface area contributed by atoms with E-state index in [1.807, 2.05) is 6.92 Å². The quantitative estimate of drug-likeness (QED) is 0.648. The zero-order valence-electron chi connectivity index (χ0n) is 15.7. The van der Waals surface area contributed by atoms with E-state index in [1.165, 1.54) is 30.8 Å². The van der Waals surface area contributed by atoms with Gasteiger partial charge >= 0.3 is 5.97 Å². The molecule has 2 N–H and O–H groups in total. The van der Waals surface area contributed by atoms with Gasteiger partial charge in [-0.3, -0.25) is 14.0 Å². The maximum atomic E-state index is 13.1. The second-order valence-corrected chi connectivity index (χ2v) is 6.35. The highest BCUT2D eigenvalue weighted by atomic mass is 16.5. The van der Waals surface area contributed by atoms with E-state index in [2.05, 4.69) is 4.98 Å². The number of esters is 1. The molecule has 1 aromatic carbocycles. The maximum absolute atomic E-state index is 13.1. The highest BCUT2D eigenvalue weighted by Crippen LogP contribution is 2.36. The van der Waals surface area contributed by atoms with Crippen LogP contribution in [-0.4, -0.2) is 39.8 Å². The number of hydrogen-bond acceptors (Lipinski definition) is 7. The van der Waals surface area contributed by atoms with Gasteiger partial charge in [-0.25, -0.2) is 0 Å². The van der Waals surface area contributed by atoms with Gasteiger partial charge in [-0.1, -0.05) is 12.1 Å². The second kappa shape index (κ2) is 7.59. The van der Waals surface area contributed by atoms with Crippen molar-refractivity contribution in [3.05, 3.63) is 63.6 Å². The molecule has 2 aromatic heterocycles. The Morgan fingerprint density at radius 3 is 2.61 bits per heavy atom. The Hall–Kier alpha value is -3.55. The number of carbonyl (C=O) groups is 1. The molecule has 0 amide bonds.